The molecule has 1 fully saturated rings. The molecule has 1 heterocycles. The van der Waals surface area contributed by atoms with Crippen molar-refractivity contribution >= 4 is 5.78 Å². The van der Waals surface area contributed by atoms with Crippen LogP contribution in [0.3, 0.4) is 0 Å². The molecule has 1 rings (SSSR count). The third-order valence-corrected chi connectivity index (χ3v) is 2.67. The van der Waals surface area contributed by atoms with Crippen molar-refractivity contribution < 1.29 is 22.7 Å². The standard InChI is InChI=1S/C9H14F3NO2/c1-2-15-5-7(14)8(9(10,11)12)3-4-13-6-8/h13H,2-6H2,1H3. The molecule has 3 nitrogen and oxygen atoms in total. The van der Waals surface area contributed by atoms with E-state index < -0.39 is 24.0 Å². The molecule has 1 atom stereocenters. The second-order valence-electron chi connectivity index (χ2n) is 3.57. The number of hydrogen-bond donors (Lipinski definition) is 1. The van der Waals surface area contributed by atoms with E-state index in [1.54, 1.807) is 6.92 Å². The molecule has 0 saturated carbocycles. The molecule has 0 bridgehead atoms. The first-order valence-electron chi connectivity index (χ1n) is 4.82. The van der Waals surface area contributed by atoms with Crippen molar-refractivity contribution in [2.75, 3.05) is 26.3 Å². The molecule has 1 saturated heterocycles. The third kappa shape index (κ3) is 2.31. The maximum Gasteiger partial charge on any atom is 0.402 e. The fraction of sp³-hybridized carbons (Fsp3) is 0.889. The van der Waals surface area contributed by atoms with E-state index in [-0.39, 0.29) is 26.1 Å². The molecule has 6 heteroatoms. The number of ketones is 1. The van der Waals surface area contributed by atoms with Crippen molar-refractivity contribution in [1.82, 2.24) is 5.32 Å². The van der Waals surface area contributed by atoms with Gasteiger partial charge in [-0.2, -0.15) is 13.2 Å². The molecule has 1 aliphatic rings. The van der Waals surface area contributed by atoms with E-state index in [0.717, 1.165) is 0 Å². The molecular weight excluding hydrogens is 211 g/mol. The van der Waals surface area contributed by atoms with Gasteiger partial charge >= 0.3 is 6.18 Å². The Morgan fingerprint density at radius 2 is 2.20 bits per heavy atom. The van der Waals surface area contributed by atoms with Crippen molar-refractivity contribution in [3.05, 3.63) is 0 Å². The predicted molar refractivity (Wildman–Crippen MR) is 47.5 cm³/mol. The number of Topliss-reactive ketones (excluding diaryl/α,β-unsaturated/α-hetero) is 1. The molecule has 15 heavy (non-hydrogen) atoms. The van der Waals surface area contributed by atoms with Gasteiger partial charge in [0.1, 0.15) is 12.0 Å². The molecule has 1 unspecified atom stereocenters. The van der Waals surface area contributed by atoms with Crippen LogP contribution in [-0.4, -0.2) is 38.3 Å². The number of rotatable bonds is 4. The topological polar surface area (TPSA) is 38.3 Å². The summed E-state index contributed by atoms with van der Waals surface area (Å²) in [4.78, 5) is 11.5. The normalized spacial score (nSPS) is 26.9. The number of ether oxygens (including phenoxy) is 1. The number of alkyl halides is 3. The Morgan fingerprint density at radius 3 is 2.60 bits per heavy atom. The summed E-state index contributed by atoms with van der Waals surface area (Å²) in [7, 11) is 0. The van der Waals surface area contributed by atoms with Crippen molar-refractivity contribution in [3.8, 4) is 0 Å². The molecular formula is C9H14F3NO2. The minimum atomic E-state index is -4.50. The monoisotopic (exact) mass is 225 g/mol. The third-order valence-electron chi connectivity index (χ3n) is 2.67. The Hall–Kier alpha value is -0.620. The Balaban J connectivity index is 2.78. The number of hydrogen-bond acceptors (Lipinski definition) is 3. The second-order valence-corrected chi connectivity index (χ2v) is 3.57. The van der Waals surface area contributed by atoms with E-state index in [0.29, 0.717) is 0 Å². The summed E-state index contributed by atoms with van der Waals surface area (Å²) in [6.45, 7) is 1.31. The van der Waals surface area contributed by atoms with Gasteiger partial charge in [0.05, 0.1) is 0 Å². The highest BCUT2D eigenvalue weighted by Crippen LogP contribution is 2.43. The van der Waals surface area contributed by atoms with Gasteiger partial charge in [0, 0.05) is 13.2 Å². The molecule has 0 aliphatic carbocycles. The van der Waals surface area contributed by atoms with E-state index in [1.807, 2.05) is 0 Å². The van der Waals surface area contributed by atoms with E-state index in [1.165, 1.54) is 0 Å². The molecule has 0 aromatic heterocycles. The number of carbonyl (C=O) groups excluding carboxylic acids is 1. The van der Waals surface area contributed by atoms with E-state index in [9.17, 15) is 18.0 Å². The summed E-state index contributed by atoms with van der Waals surface area (Å²) in [5, 5.41) is 2.58. The molecule has 1 N–H and O–H groups in total. The molecule has 88 valence electrons. The van der Waals surface area contributed by atoms with Crippen LogP contribution >= 0.6 is 0 Å². The summed E-state index contributed by atoms with van der Waals surface area (Å²) >= 11 is 0. The first-order chi connectivity index (χ1) is 6.94. The first-order valence-corrected chi connectivity index (χ1v) is 4.82. The Labute approximate surface area is 86.0 Å². The minimum Gasteiger partial charge on any atom is -0.374 e. The maximum atomic E-state index is 12.8. The first kappa shape index (κ1) is 12.4. The number of halogens is 3. The van der Waals surface area contributed by atoms with Gasteiger partial charge in [-0.1, -0.05) is 0 Å². The summed E-state index contributed by atoms with van der Waals surface area (Å²) in [5.74, 6) is -0.873. The van der Waals surface area contributed by atoms with Gasteiger partial charge in [-0.3, -0.25) is 4.79 Å². The van der Waals surface area contributed by atoms with E-state index in [2.05, 4.69) is 5.32 Å². The molecule has 0 radical (unpaired) electrons. The van der Waals surface area contributed by atoms with Crippen LogP contribution in [0.4, 0.5) is 13.2 Å². The van der Waals surface area contributed by atoms with Crippen LogP contribution in [0.15, 0.2) is 0 Å². The Morgan fingerprint density at radius 1 is 1.53 bits per heavy atom. The fourth-order valence-electron chi connectivity index (χ4n) is 1.66. The van der Waals surface area contributed by atoms with Crippen molar-refractivity contribution in [2.45, 2.75) is 19.5 Å². The summed E-state index contributed by atoms with van der Waals surface area (Å²) in [6, 6.07) is 0. The summed E-state index contributed by atoms with van der Waals surface area (Å²) in [6.07, 6.45) is -4.69. The highest BCUT2D eigenvalue weighted by molar-refractivity contribution is 5.87. The second kappa shape index (κ2) is 4.49. The van der Waals surface area contributed by atoms with Gasteiger partial charge in [0.2, 0.25) is 0 Å². The van der Waals surface area contributed by atoms with Crippen molar-refractivity contribution in [3.63, 3.8) is 0 Å². The average molecular weight is 225 g/mol. The van der Waals surface area contributed by atoms with Crippen molar-refractivity contribution in [1.29, 1.82) is 0 Å². The smallest absolute Gasteiger partial charge is 0.374 e. The lowest BCUT2D eigenvalue weighted by Gasteiger charge is -2.28. The number of carbonyl (C=O) groups is 1. The highest BCUT2D eigenvalue weighted by Gasteiger charge is 2.60. The highest BCUT2D eigenvalue weighted by atomic mass is 19.4. The zero-order valence-corrected chi connectivity index (χ0v) is 8.49. The minimum absolute atomic E-state index is 0.192. The van der Waals surface area contributed by atoms with E-state index >= 15 is 0 Å². The maximum absolute atomic E-state index is 12.8. The van der Waals surface area contributed by atoms with Crippen molar-refractivity contribution in [2.24, 2.45) is 5.41 Å². The fourth-order valence-corrected chi connectivity index (χ4v) is 1.66. The van der Waals surface area contributed by atoms with Gasteiger partial charge in [0.25, 0.3) is 0 Å². The molecule has 1 aliphatic heterocycles. The largest absolute Gasteiger partial charge is 0.402 e. The van der Waals surface area contributed by atoms with Gasteiger partial charge < -0.3 is 10.1 Å². The molecule has 0 aromatic carbocycles. The number of nitrogens with one attached hydrogen (secondary N) is 1. The average Bonchev–Trinajstić information content (AvgIpc) is 2.62. The quantitative estimate of drug-likeness (QED) is 0.779. The van der Waals surface area contributed by atoms with Crippen LogP contribution in [0.2, 0.25) is 0 Å². The lowest BCUT2D eigenvalue weighted by Crippen LogP contribution is -2.48. The lowest BCUT2D eigenvalue weighted by atomic mass is 9.82. The van der Waals surface area contributed by atoms with Gasteiger partial charge in [0.15, 0.2) is 5.78 Å². The molecule has 0 amide bonds. The van der Waals surface area contributed by atoms with Crippen LogP contribution in [0.25, 0.3) is 0 Å². The predicted octanol–water partition coefficient (Wildman–Crippen LogP) is 1.13. The Bertz CT molecular complexity index is 234. The molecule has 0 spiro atoms. The van der Waals surface area contributed by atoms with Crippen LogP contribution in [0.5, 0.6) is 0 Å². The van der Waals surface area contributed by atoms with Crippen LogP contribution < -0.4 is 5.32 Å². The van der Waals surface area contributed by atoms with Crippen LogP contribution in [0, 0.1) is 5.41 Å². The molecule has 0 aromatic rings. The van der Waals surface area contributed by atoms with Gasteiger partial charge in [-0.05, 0) is 19.9 Å². The zero-order chi connectivity index (χ0) is 11.5. The van der Waals surface area contributed by atoms with Crippen LogP contribution in [-0.2, 0) is 9.53 Å². The SMILES string of the molecule is CCOCC(=O)C1(C(F)(F)F)CCNC1. The lowest BCUT2D eigenvalue weighted by molar-refractivity contribution is -0.216. The van der Waals surface area contributed by atoms with E-state index in [4.69, 9.17) is 4.74 Å². The zero-order valence-electron chi connectivity index (χ0n) is 8.49. The van der Waals surface area contributed by atoms with Crippen LogP contribution in [0.1, 0.15) is 13.3 Å². The summed E-state index contributed by atoms with van der Waals surface area (Å²) in [5.41, 5.74) is -2.23. The summed E-state index contributed by atoms with van der Waals surface area (Å²) < 4.78 is 43.1. The van der Waals surface area contributed by atoms with Gasteiger partial charge in [-0.15, -0.1) is 0 Å². The Kier molecular flexibility index (Phi) is 3.72. The van der Waals surface area contributed by atoms with Gasteiger partial charge in [-0.25, -0.2) is 0 Å².